The van der Waals surface area contributed by atoms with E-state index in [4.69, 9.17) is 9.47 Å². The van der Waals surface area contributed by atoms with Gasteiger partial charge >= 0.3 is 12.3 Å². The van der Waals surface area contributed by atoms with E-state index >= 15 is 0 Å². The lowest BCUT2D eigenvalue weighted by molar-refractivity contribution is 0.0361. The van der Waals surface area contributed by atoms with Gasteiger partial charge < -0.3 is 14.2 Å². The molecule has 0 aromatic rings. The van der Waals surface area contributed by atoms with Crippen LogP contribution in [0.2, 0.25) is 0 Å². The minimum absolute atomic E-state index is 0.0960. The van der Waals surface area contributed by atoms with E-state index in [1.54, 1.807) is 0 Å². The first-order valence-corrected chi connectivity index (χ1v) is 6.94. The molecule has 5 nitrogen and oxygen atoms in total. The molecule has 0 aromatic heterocycles. The van der Waals surface area contributed by atoms with Gasteiger partial charge in [0.05, 0.1) is 0 Å². The molecule has 0 aliphatic heterocycles. The Morgan fingerprint density at radius 2 is 1.95 bits per heavy atom. The second kappa shape index (κ2) is 8.09. The highest BCUT2D eigenvalue weighted by Gasteiger charge is 2.16. The molecule has 2 rings (SSSR count). The zero-order valence-electron chi connectivity index (χ0n) is 11.7. The summed E-state index contributed by atoms with van der Waals surface area (Å²) in [5, 5.41) is 0. The second-order valence-electron chi connectivity index (χ2n) is 4.77. The zero-order chi connectivity index (χ0) is 14.9. The lowest BCUT2D eigenvalue weighted by atomic mass is 10.0. The number of rotatable bonds is 4. The summed E-state index contributed by atoms with van der Waals surface area (Å²) in [5.41, 5.74) is 0.894. The first kappa shape index (κ1) is 15.1. The Balaban J connectivity index is 1.61. The summed E-state index contributed by atoms with van der Waals surface area (Å²) in [6.07, 6.45) is 14.3. The normalized spacial score (nSPS) is 19.8. The molecule has 112 valence electrons. The molecule has 0 aromatic carbocycles. The fourth-order valence-corrected chi connectivity index (χ4v) is 1.97. The van der Waals surface area contributed by atoms with Crippen LogP contribution in [0.15, 0.2) is 48.1 Å². The molecule has 1 atom stereocenters. The summed E-state index contributed by atoms with van der Waals surface area (Å²) in [7, 11) is 0. The van der Waals surface area contributed by atoms with Crippen LogP contribution < -0.4 is 0 Å². The summed E-state index contributed by atoms with van der Waals surface area (Å²) < 4.78 is 14.1. The minimum Gasteiger partial charge on any atom is -0.433 e. The highest BCUT2D eigenvalue weighted by molar-refractivity contribution is 5.77. The Labute approximate surface area is 123 Å². The first-order chi connectivity index (χ1) is 10.2. The summed E-state index contributed by atoms with van der Waals surface area (Å²) in [6, 6.07) is 0. The van der Waals surface area contributed by atoms with Crippen LogP contribution >= 0.6 is 0 Å². The lowest BCUT2D eigenvalue weighted by Gasteiger charge is -2.12. The summed E-state index contributed by atoms with van der Waals surface area (Å²) in [5.74, 6) is 0.121. The van der Waals surface area contributed by atoms with Crippen molar-refractivity contribution in [3.05, 3.63) is 48.1 Å². The molecule has 0 radical (unpaired) electrons. The number of allylic oxidation sites excluding steroid dienone is 5. The van der Waals surface area contributed by atoms with Gasteiger partial charge in [-0.25, -0.2) is 9.59 Å². The molecule has 0 heterocycles. The Morgan fingerprint density at radius 1 is 1.10 bits per heavy atom. The molecule has 2 aliphatic carbocycles. The van der Waals surface area contributed by atoms with Crippen molar-refractivity contribution >= 4 is 12.3 Å². The molecule has 0 amide bonds. The molecule has 0 saturated carbocycles. The Bertz CT molecular complexity index is 499. The monoisotopic (exact) mass is 290 g/mol. The van der Waals surface area contributed by atoms with Crippen LogP contribution in [0.5, 0.6) is 0 Å². The molecule has 5 heteroatoms. The molecule has 0 spiro atoms. The van der Waals surface area contributed by atoms with Gasteiger partial charge in [-0.15, -0.1) is 0 Å². The molecule has 0 N–H and O–H groups in total. The van der Waals surface area contributed by atoms with Crippen LogP contribution in [0.3, 0.4) is 0 Å². The van der Waals surface area contributed by atoms with Crippen molar-refractivity contribution in [3.8, 4) is 0 Å². The highest BCUT2D eigenvalue weighted by Crippen LogP contribution is 2.12. The molecule has 0 fully saturated rings. The number of carbonyl (C=O) groups excluding carboxylic acids is 2. The van der Waals surface area contributed by atoms with Gasteiger partial charge in [-0.3, -0.25) is 0 Å². The van der Waals surface area contributed by atoms with Crippen LogP contribution in [0.25, 0.3) is 0 Å². The van der Waals surface area contributed by atoms with E-state index < -0.39 is 12.3 Å². The fourth-order valence-electron chi connectivity index (χ4n) is 1.97. The van der Waals surface area contributed by atoms with Crippen molar-refractivity contribution in [1.29, 1.82) is 0 Å². The van der Waals surface area contributed by atoms with Crippen molar-refractivity contribution in [2.24, 2.45) is 5.92 Å². The molecule has 21 heavy (non-hydrogen) atoms. The quantitative estimate of drug-likeness (QED) is 0.583. The number of carbonyl (C=O) groups is 2. The maximum atomic E-state index is 11.3. The zero-order valence-corrected chi connectivity index (χ0v) is 11.7. The van der Waals surface area contributed by atoms with Crippen LogP contribution in [-0.4, -0.2) is 25.5 Å². The van der Waals surface area contributed by atoms with Crippen molar-refractivity contribution in [3.63, 3.8) is 0 Å². The van der Waals surface area contributed by atoms with Crippen molar-refractivity contribution < 1.29 is 23.8 Å². The Kier molecular flexibility index (Phi) is 5.82. The van der Waals surface area contributed by atoms with Gasteiger partial charge in [0.2, 0.25) is 0 Å². The second-order valence-corrected chi connectivity index (χ2v) is 4.77. The minimum atomic E-state index is -1.04. The topological polar surface area (TPSA) is 61.8 Å². The predicted molar refractivity (Wildman–Crippen MR) is 76.6 cm³/mol. The maximum Gasteiger partial charge on any atom is 0.518 e. The summed E-state index contributed by atoms with van der Waals surface area (Å²) in [4.78, 5) is 22.7. The van der Waals surface area contributed by atoms with Crippen molar-refractivity contribution in [2.45, 2.75) is 19.3 Å². The highest BCUT2D eigenvalue weighted by atomic mass is 16.8. The molecular formula is C16H18O5. The summed E-state index contributed by atoms with van der Waals surface area (Å²) in [6.45, 7) is 0.277. The smallest absolute Gasteiger partial charge is 0.433 e. The van der Waals surface area contributed by atoms with Gasteiger partial charge in [-0.1, -0.05) is 42.5 Å². The standard InChI is InChI=1S/C16H18O5/c17-15(19-11-13-7-3-1-4-8-13)21-16(18)20-12-14-9-5-2-6-10-14/h1,3-5,7,9-10,13H,2,6,8,11-12H2. The number of hydrogen-bond acceptors (Lipinski definition) is 5. The molecule has 1 unspecified atom stereocenters. The van der Waals surface area contributed by atoms with Crippen LogP contribution in [0, 0.1) is 5.92 Å². The van der Waals surface area contributed by atoms with Crippen LogP contribution in [0.1, 0.15) is 19.3 Å². The van der Waals surface area contributed by atoms with E-state index in [2.05, 4.69) is 4.74 Å². The SMILES string of the molecule is O=C(OCC1=CCCC=C1)OC(=O)OCC1C=CC=CC1. The van der Waals surface area contributed by atoms with E-state index in [0.717, 1.165) is 24.8 Å². The van der Waals surface area contributed by atoms with Gasteiger partial charge in [0.15, 0.2) is 0 Å². The first-order valence-electron chi connectivity index (χ1n) is 6.94. The van der Waals surface area contributed by atoms with E-state index in [9.17, 15) is 9.59 Å². The van der Waals surface area contributed by atoms with Crippen LogP contribution in [0.4, 0.5) is 9.59 Å². The van der Waals surface area contributed by atoms with E-state index in [1.165, 1.54) is 0 Å². The third-order valence-corrected chi connectivity index (χ3v) is 3.08. The largest absolute Gasteiger partial charge is 0.518 e. The summed E-state index contributed by atoms with van der Waals surface area (Å²) >= 11 is 0. The molecule has 0 saturated heterocycles. The Morgan fingerprint density at radius 3 is 2.67 bits per heavy atom. The van der Waals surface area contributed by atoms with Crippen molar-refractivity contribution in [2.75, 3.05) is 13.2 Å². The average Bonchev–Trinajstić information content (AvgIpc) is 2.53. The van der Waals surface area contributed by atoms with E-state index in [1.807, 2.05) is 42.5 Å². The van der Waals surface area contributed by atoms with Gasteiger partial charge in [-0.05, 0) is 24.8 Å². The van der Waals surface area contributed by atoms with Gasteiger partial charge in [0, 0.05) is 5.92 Å². The molecular weight excluding hydrogens is 272 g/mol. The van der Waals surface area contributed by atoms with E-state index in [0.29, 0.717) is 0 Å². The Hall–Kier alpha value is -2.30. The number of hydrogen-bond donors (Lipinski definition) is 0. The number of ether oxygens (including phenoxy) is 3. The predicted octanol–water partition coefficient (Wildman–Crippen LogP) is 3.68. The van der Waals surface area contributed by atoms with Gasteiger partial charge in [0.25, 0.3) is 0 Å². The lowest BCUT2D eigenvalue weighted by Crippen LogP contribution is -2.19. The molecule has 2 aliphatic rings. The van der Waals surface area contributed by atoms with Crippen molar-refractivity contribution in [1.82, 2.24) is 0 Å². The molecule has 0 bridgehead atoms. The maximum absolute atomic E-state index is 11.3. The van der Waals surface area contributed by atoms with Gasteiger partial charge in [0.1, 0.15) is 13.2 Å². The third-order valence-electron chi connectivity index (χ3n) is 3.08. The third kappa shape index (κ3) is 5.69. The van der Waals surface area contributed by atoms with E-state index in [-0.39, 0.29) is 19.1 Å². The van der Waals surface area contributed by atoms with Gasteiger partial charge in [-0.2, -0.15) is 0 Å². The fraction of sp³-hybridized carbons (Fsp3) is 0.375. The van der Waals surface area contributed by atoms with Crippen LogP contribution in [-0.2, 0) is 14.2 Å². The average molecular weight is 290 g/mol.